The van der Waals surface area contributed by atoms with E-state index >= 15 is 0 Å². The second-order valence-corrected chi connectivity index (χ2v) is 3.26. The van der Waals surface area contributed by atoms with Gasteiger partial charge in [-0.15, -0.1) is 0 Å². The Labute approximate surface area is 59.8 Å². The van der Waals surface area contributed by atoms with Gasteiger partial charge < -0.3 is 0 Å². The molecular weight excluding hydrogens is 199 g/mol. The van der Waals surface area contributed by atoms with Crippen molar-refractivity contribution in [3.8, 4) is 0 Å². The van der Waals surface area contributed by atoms with Crippen molar-refractivity contribution in [2.75, 3.05) is 4.43 Å². The molecule has 0 aromatic rings. The molecule has 0 rings (SSSR count). The average molecular weight is 212 g/mol. The molecule has 0 aliphatic carbocycles. The van der Waals surface area contributed by atoms with Crippen LogP contribution in [0.2, 0.25) is 0 Å². The standard InChI is InChI=1S/C6H13I/c1-5(2)6(3)4-7/h5-6H,4H2,1-3H3/t6-/m0/s1. The molecule has 0 saturated carbocycles. The Balaban J connectivity index is 3.14. The van der Waals surface area contributed by atoms with Crippen LogP contribution < -0.4 is 0 Å². The average Bonchev–Trinajstić information content (AvgIpc) is 1.65. The smallest absolute Gasteiger partial charge is 0.00235 e. The summed E-state index contributed by atoms with van der Waals surface area (Å²) in [6.07, 6.45) is 0. The zero-order chi connectivity index (χ0) is 5.86. The Morgan fingerprint density at radius 1 is 1.29 bits per heavy atom. The van der Waals surface area contributed by atoms with Crippen molar-refractivity contribution in [3.05, 3.63) is 0 Å². The van der Waals surface area contributed by atoms with E-state index in [-0.39, 0.29) is 0 Å². The predicted molar refractivity (Wildman–Crippen MR) is 42.9 cm³/mol. The summed E-state index contributed by atoms with van der Waals surface area (Å²) in [6.45, 7) is 6.82. The number of alkyl halides is 1. The molecule has 0 fully saturated rings. The molecule has 0 amide bonds. The van der Waals surface area contributed by atoms with Crippen molar-refractivity contribution >= 4 is 22.6 Å². The normalized spacial score (nSPS) is 15.0. The SMILES string of the molecule is CC(C)[C@@H](C)CI. The molecule has 0 heterocycles. The Morgan fingerprint density at radius 2 is 1.71 bits per heavy atom. The van der Waals surface area contributed by atoms with E-state index in [1.165, 1.54) is 4.43 Å². The Bertz CT molecular complexity index is 41.4. The van der Waals surface area contributed by atoms with Crippen LogP contribution in [-0.2, 0) is 0 Å². The zero-order valence-corrected chi connectivity index (χ0v) is 7.40. The van der Waals surface area contributed by atoms with Gasteiger partial charge in [0.25, 0.3) is 0 Å². The summed E-state index contributed by atoms with van der Waals surface area (Å²) in [5.41, 5.74) is 0. The van der Waals surface area contributed by atoms with E-state index in [2.05, 4.69) is 43.4 Å². The summed E-state index contributed by atoms with van der Waals surface area (Å²) >= 11 is 2.43. The van der Waals surface area contributed by atoms with Gasteiger partial charge in [-0.1, -0.05) is 43.4 Å². The fourth-order valence-electron chi connectivity index (χ4n) is 0.178. The third-order valence-electron chi connectivity index (χ3n) is 1.38. The lowest BCUT2D eigenvalue weighted by atomic mass is 10.0. The highest BCUT2D eigenvalue weighted by Gasteiger charge is 2.02. The van der Waals surface area contributed by atoms with Crippen LogP contribution in [0.1, 0.15) is 20.8 Å². The van der Waals surface area contributed by atoms with Gasteiger partial charge in [0.1, 0.15) is 0 Å². The van der Waals surface area contributed by atoms with E-state index in [1.807, 2.05) is 0 Å². The van der Waals surface area contributed by atoms with Crippen molar-refractivity contribution < 1.29 is 0 Å². The largest absolute Gasteiger partial charge is 0.0861 e. The van der Waals surface area contributed by atoms with Crippen LogP contribution in [0, 0.1) is 11.8 Å². The summed E-state index contributed by atoms with van der Waals surface area (Å²) in [6, 6.07) is 0. The molecule has 0 radical (unpaired) electrons. The van der Waals surface area contributed by atoms with Gasteiger partial charge in [-0.2, -0.15) is 0 Å². The third-order valence-corrected chi connectivity index (χ3v) is 2.77. The lowest BCUT2D eigenvalue weighted by Crippen LogP contribution is -2.03. The topological polar surface area (TPSA) is 0 Å². The molecule has 7 heavy (non-hydrogen) atoms. The summed E-state index contributed by atoms with van der Waals surface area (Å²) in [5.74, 6) is 1.75. The molecule has 1 atom stereocenters. The second-order valence-electron chi connectivity index (χ2n) is 2.38. The molecule has 0 spiro atoms. The van der Waals surface area contributed by atoms with Crippen LogP contribution in [0.5, 0.6) is 0 Å². The highest BCUT2D eigenvalue weighted by atomic mass is 127. The Kier molecular flexibility index (Phi) is 4.08. The predicted octanol–water partition coefficient (Wildman–Crippen LogP) is 2.71. The summed E-state index contributed by atoms with van der Waals surface area (Å²) < 4.78 is 1.29. The fraction of sp³-hybridized carbons (Fsp3) is 1.00. The van der Waals surface area contributed by atoms with Gasteiger partial charge in [-0.05, 0) is 11.8 Å². The number of rotatable bonds is 2. The molecule has 0 N–H and O–H groups in total. The molecule has 0 unspecified atom stereocenters. The van der Waals surface area contributed by atoms with E-state index in [4.69, 9.17) is 0 Å². The first-order chi connectivity index (χ1) is 3.18. The summed E-state index contributed by atoms with van der Waals surface area (Å²) in [7, 11) is 0. The molecule has 0 aromatic carbocycles. The Hall–Kier alpha value is 0.730. The van der Waals surface area contributed by atoms with Gasteiger partial charge in [0.15, 0.2) is 0 Å². The molecule has 0 aromatic heterocycles. The van der Waals surface area contributed by atoms with E-state index in [0.717, 1.165) is 11.8 Å². The summed E-state index contributed by atoms with van der Waals surface area (Å²) in [5, 5.41) is 0. The van der Waals surface area contributed by atoms with Gasteiger partial charge in [0, 0.05) is 4.43 Å². The lowest BCUT2D eigenvalue weighted by molar-refractivity contribution is 0.470. The van der Waals surface area contributed by atoms with Crippen LogP contribution in [0.4, 0.5) is 0 Å². The van der Waals surface area contributed by atoms with Crippen molar-refractivity contribution in [2.24, 2.45) is 11.8 Å². The number of hydrogen-bond acceptors (Lipinski definition) is 0. The van der Waals surface area contributed by atoms with Crippen molar-refractivity contribution in [1.29, 1.82) is 0 Å². The quantitative estimate of drug-likeness (QED) is 0.487. The van der Waals surface area contributed by atoms with E-state index in [9.17, 15) is 0 Å². The molecular formula is C6H13I. The van der Waals surface area contributed by atoms with Crippen LogP contribution in [0.3, 0.4) is 0 Å². The minimum absolute atomic E-state index is 0.858. The maximum atomic E-state index is 2.43. The summed E-state index contributed by atoms with van der Waals surface area (Å²) in [4.78, 5) is 0. The molecule has 0 saturated heterocycles. The molecule has 0 aliphatic rings. The lowest BCUT2D eigenvalue weighted by Gasteiger charge is -2.09. The van der Waals surface area contributed by atoms with E-state index < -0.39 is 0 Å². The van der Waals surface area contributed by atoms with E-state index in [1.54, 1.807) is 0 Å². The van der Waals surface area contributed by atoms with Crippen LogP contribution in [-0.4, -0.2) is 4.43 Å². The Morgan fingerprint density at radius 3 is 1.71 bits per heavy atom. The minimum atomic E-state index is 0.858. The van der Waals surface area contributed by atoms with Crippen LogP contribution >= 0.6 is 22.6 Å². The molecule has 0 aliphatic heterocycles. The highest BCUT2D eigenvalue weighted by Crippen LogP contribution is 2.11. The van der Waals surface area contributed by atoms with Gasteiger partial charge in [-0.3, -0.25) is 0 Å². The molecule has 0 bridgehead atoms. The minimum Gasteiger partial charge on any atom is -0.0861 e. The first kappa shape index (κ1) is 7.73. The maximum absolute atomic E-state index is 2.43. The van der Waals surface area contributed by atoms with Gasteiger partial charge in [0.2, 0.25) is 0 Å². The third kappa shape index (κ3) is 3.32. The highest BCUT2D eigenvalue weighted by molar-refractivity contribution is 14.1. The molecule has 44 valence electrons. The second kappa shape index (κ2) is 3.70. The molecule has 0 nitrogen and oxygen atoms in total. The van der Waals surface area contributed by atoms with Crippen molar-refractivity contribution in [3.63, 3.8) is 0 Å². The van der Waals surface area contributed by atoms with Crippen molar-refractivity contribution in [2.45, 2.75) is 20.8 Å². The number of hydrogen-bond donors (Lipinski definition) is 0. The first-order valence-electron chi connectivity index (χ1n) is 2.74. The van der Waals surface area contributed by atoms with Gasteiger partial charge >= 0.3 is 0 Å². The maximum Gasteiger partial charge on any atom is 0.00235 e. The van der Waals surface area contributed by atoms with Gasteiger partial charge in [-0.25, -0.2) is 0 Å². The fourth-order valence-corrected chi connectivity index (χ4v) is 1.20. The van der Waals surface area contributed by atoms with Gasteiger partial charge in [0.05, 0.1) is 0 Å². The first-order valence-corrected chi connectivity index (χ1v) is 4.27. The van der Waals surface area contributed by atoms with Crippen LogP contribution in [0.25, 0.3) is 0 Å². The van der Waals surface area contributed by atoms with Crippen molar-refractivity contribution in [1.82, 2.24) is 0 Å². The zero-order valence-electron chi connectivity index (χ0n) is 5.24. The monoisotopic (exact) mass is 212 g/mol. The van der Waals surface area contributed by atoms with Crippen LogP contribution in [0.15, 0.2) is 0 Å². The van der Waals surface area contributed by atoms with E-state index in [0.29, 0.717) is 0 Å². The number of halogens is 1. The molecule has 1 heteroatoms.